The molecule has 0 aromatic heterocycles. The number of hydrogen-bond donors (Lipinski definition) is 4. The Bertz CT molecular complexity index is 341. The van der Waals surface area contributed by atoms with E-state index in [1.54, 1.807) is 0 Å². The molecule has 0 aromatic rings. The topological polar surface area (TPSA) is 75.9 Å². The first-order chi connectivity index (χ1) is 10.8. The van der Waals surface area contributed by atoms with E-state index in [0.717, 1.165) is 12.5 Å². The average Bonchev–Trinajstić information content (AvgIpc) is 2.55. The zero-order valence-corrected chi connectivity index (χ0v) is 14.1. The molecule has 3 aliphatic rings. The summed E-state index contributed by atoms with van der Waals surface area (Å²) < 4.78 is 5.66. The highest BCUT2D eigenvalue weighted by Gasteiger charge is 2.39. The number of ether oxygens (including phenoxy) is 1. The van der Waals surface area contributed by atoms with Gasteiger partial charge in [-0.3, -0.25) is 5.32 Å². The van der Waals surface area contributed by atoms with Gasteiger partial charge in [0.05, 0.1) is 18.3 Å². The van der Waals surface area contributed by atoms with Gasteiger partial charge in [-0.05, 0) is 44.4 Å². The lowest BCUT2D eigenvalue weighted by Crippen LogP contribution is -3.06. The molecule has 1 heterocycles. The average molecular weight is 311 g/mol. The summed E-state index contributed by atoms with van der Waals surface area (Å²) in [6.07, 6.45) is 12.7. The van der Waals surface area contributed by atoms with Crippen molar-refractivity contribution in [2.24, 2.45) is 17.6 Å². The van der Waals surface area contributed by atoms with Crippen LogP contribution in [0, 0.1) is 11.8 Å². The zero-order chi connectivity index (χ0) is 15.4. The van der Waals surface area contributed by atoms with Crippen molar-refractivity contribution >= 4 is 0 Å². The van der Waals surface area contributed by atoms with Gasteiger partial charge >= 0.3 is 0 Å². The van der Waals surface area contributed by atoms with Crippen LogP contribution >= 0.6 is 0 Å². The number of nitrogens with two attached hydrogens (primary N) is 2. The molecule has 6 atom stereocenters. The maximum atomic E-state index is 6.35. The second-order valence-corrected chi connectivity index (χ2v) is 7.54. The fourth-order valence-electron chi connectivity index (χ4n) is 4.87. The first kappa shape index (κ1) is 16.7. The molecule has 2 saturated carbocycles. The summed E-state index contributed by atoms with van der Waals surface area (Å²) >= 11 is 0. The Morgan fingerprint density at radius 3 is 2.77 bits per heavy atom. The maximum Gasteiger partial charge on any atom is 0.198 e. The summed E-state index contributed by atoms with van der Waals surface area (Å²) in [5.41, 5.74) is 6.35. The lowest BCUT2D eigenvalue weighted by atomic mass is 9.81. The summed E-state index contributed by atoms with van der Waals surface area (Å²) in [5.74, 6) is 1.38. The summed E-state index contributed by atoms with van der Waals surface area (Å²) in [6, 6.07) is 0.712. The van der Waals surface area contributed by atoms with Gasteiger partial charge in [0.25, 0.3) is 0 Å². The Labute approximate surface area is 135 Å². The van der Waals surface area contributed by atoms with Crippen LogP contribution in [0.15, 0.2) is 0 Å². The van der Waals surface area contributed by atoms with Gasteiger partial charge in [0.2, 0.25) is 0 Å². The summed E-state index contributed by atoms with van der Waals surface area (Å²) in [6.45, 7) is 1.06. The van der Waals surface area contributed by atoms with E-state index in [-0.39, 0.29) is 6.17 Å². The third kappa shape index (κ3) is 4.01. The number of rotatable bonds is 5. The molecule has 0 radical (unpaired) electrons. The SMILES string of the molecule is COC1CCCCC1CCNC1NC(N)C2CCCCC2[NH2+]1. The van der Waals surface area contributed by atoms with Crippen molar-refractivity contribution in [2.75, 3.05) is 13.7 Å². The van der Waals surface area contributed by atoms with Crippen molar-refractivity contribution in [3.63, 3.8) is 0 Å². The third-order valence-electron chi connectivity index (χ3n) is 6.17. The second-order valence-electron chi connectivity index (χ2n) is 7.54. The van der Waals surface area contributed by atoms with E-state index >= 15 is 0 Å². The van der Waals surface area contributed by atoms with Gasteiger partial charge in [0.15, 0.2) is 6.29 Å². The fourth-order valence-corrected chi connectivity index (χ4v) is 4.87. The summed E-state index contributed by atoms with van der Waals surface area (Å²) in [4.78, 5) is 0. The van der Waals surface area contributed by atoms with Crippen molar-refractivity contribution in [3.05, 3.63) is 0 Å². The van der Waals surface area contributed by atoms with Crippen molar-refractivity contribution in [1.29, 1.82) is 0 Å². The monoisotopic (exact) mass is 311 g/mol. The highest BCUT2D eigenvalue weighted by molar-refractivity contribution is 4.85. The second kappa shape index (κ2) is 8.06. The van der Waals surface area contributed by atoms with E-state index in [2.05, 4.69) is 16.0 Å². The van der Waals surface area contributed by atoms with Crippen LogP contribution in [0.3, 0.4) is 0 Å². The Balaban J connectivity index is 1.41. The molecular weight excluding hydrogens is 276 g/mol. The molecule has 6 N–H and O–H groups in total. The molecule has 6 unspecified atom stereocenters. The molecule has 0 amide bonds. The zero-order valence-electron chi connectivity index (χ0n) is 14.1. The predicted molar refractivity (Wildman–Crippen MR) is 87.9 cm³/mol. The minimum Gasteiger partial charge on any atom is -0.381 e. The van der Waals surface area contributed by atoms with E-state index in [0.29, 0.717) is 24.4 Å². The molecule has 22 heavy (non-hydrogen) atoms. The van der Waals surface area contributed by atoms with Crippen LogP contribution in [0.5, 0.6) is 0 Å². The van der Waals surface area contributed by atoms with Crippen LogP contribution < -0.4 is 21.7 Å². The molecule has 0 spiro atoms. The number of nitrogens with one attached hydrogen (secondary N) is 2. The highest BCUT2D eigenvalue weighted by Crippen LogP contribution is 2.28. The van der Waals surface area contributed by atoms with E-state index in [1.165, 1.54) is 57.8 Å². The van der Waals surface area contributed by atoms with E-state index in [4.69, 9.17) is 10.5 Å². The summed E-state index contributed by atoms with van der Waals surface area (Å²) in [5, 5.41) is 9.72. The lowest BCUT2D eigenvalue weighted by molar-refractivity contribution is -0.749. The fraction of sp³-hybridized carbons (Fsp3) is 1.00. The molecule has 0 bridgehead atoms. The quantitative estimate of drug-likeness (QED) is 0.595. The van der Waals surface area contributed by atoms with Gasteiger partial charge in [0.1, 0.15) is 0 Å². The molecule has 3 rings (SSSR count). The Kier molecular flexibility index (Phi) is 6.10. The van der Waals surface area contributed by atoms with Gasteiger partial charge in [-0.15, -0.1) is 0 Å². The minimum atomic E-state index is 0.161. The van der Waals surface area contributed by atoms with Crippen LogP contribution in [-0.2, 0) is 4.74 Å². The van der Waals surface area contributed by atoms with Gasteiger partial charge < -0.3 is 15.8 Å². The van der Waals surface area contributed by atoms with E-state index < -0.39 is 0 Å². The molecule has 1 aliphatic heterocycles. The smallest absolute Gasteiger partial charge is 0.198 e. The van der Waals surface area contributed by atoms with Crippen molar-refractivity contribution in [1.82, 2.24) is 10.6 Å². The van der Waals surface area contributed by atoms with Crippen molar-refractivity contribution in [2.45, 2.75) is 82.4 Å². The van der Waals surface area contributed by atoms with Crippen LogP contribution in [0.1, 0.15) is 57.8 Å². The van der Waals surface area contributed by atoms with Gasteiger partial charge in [-0.25, -0.2) is 5.32 Å². The van der Waals surface area contributed by atoms with Crippen molar-refractivity contribution < 1.29 is 10.1 Å². The number of hydrogen-bond acceptors (Lipinski definition) is 4. The predicted octanol–water partition coefficient (Wildman–Crippen LogP) is 0.465. The van der Waals surface area contributed by atoms with Gasteiger partial charge in [-0.1, -0.05) is 19.3 Å². The van der Waals surface area contributed by atoms with Crippen molar-refractivity contribution in [3.8, 4) is 0 Å². The first-order valence-electron chi connectivity index (χ1n) is 9.40. The van der Waals surface area contributed by atoms with Crippen LogP contribution in [0.25, 0.3) is 0 Å². The van der Waals surface area contributed by atoms with Crippen LogP contribution in [-0.4, -0.2) is 38.3 Å². The standard InChI is InChI=1S/C17H34N4O/c1-22-15-9-5-2-6-12(15)10-11-19-17-20-14-8-4-3-7-13(14)16(18)21-17/h12-17,19-21H,2-11,18H2,1H3/p+1. The highest BCUT2D eigenvalue weighted by atomic mass is 16.5. The molecule has 2 aliphatic carbocycles. The number of methoxy groups -OCH3 is 1. The third-order valence-corrected chi connectivity index (χ3v) is 6.17. The van der Waals surface area contributed by atoms with Crippen LogP contribution in [0.4, 0.5) is 0 Å². The molecule has 5 heteroatoms. The van der Waals surface area contributed by atoms with Crippen LogP contribution in [0.2, 0.25) is 0 Å². The molecular formula is C17H35N4O+. The van der Waals surface area contributed by atoms with Gasteiger partial charge in [0, 0.05) is 19.6 Å². The Hall–Kier alpha value is -0.200. The number of quaternary nitrogens is 1. The Morgan fingerprint density at radius 2 is 1.91 bits per heavy atom. The molecule has 128 valence electrons. The Morgan fingerprint density at radius 1 is 1.14 bits per heavy atom. The maximum absolute atomic E-state index is 6.35. The largest absolute Gasteiger partial charge is 0.381 e. The summed E-state index contributed by atoms with van der Waals surface area (Å²) in [7, 11) is 1.87. The molecule has 5 nitrogen and oxygen atoms in total. The minimum absolute atomic E-state index is 0.161. The van der Waals surface area contributed by atoms with Gasteiger partial charge in [-0.2, -0.15) is 0 Å². The van der Waals surface area contributed by atoms with E-state index in [9.17, 15) is 0 Å². The molecule has 0 aromatic carbocycles. The molecule has 3 fully saturated rings. The first-order valence-corrected chi connectivity index (χ1v) is 9.40. The normalized spacial score (nSPS) is 42.8. The molecule has 1 saturated heterocycles. The number of fused-ring (bicyclic) bond motifs is 1. The van der Waals surface area contributed by atoms with E-state index in [1.807, 2.05) is 7.11 Å². The lowest BCUT2D eigenvalue weighted by Gasteiger charge is -2.42.